The molecule has 0 aromatic heterocycles. The molecule has 0 saturated carbocycles. The van der Waals surface area contributed by atoms with Crippen LogP contribution in [-0.2, 0) is 6.42 Å². The summed E-state index contributed by atoms with van der Waals surface area (Å²) in [5.41, 5.74) is 7.84. The molecular weight excluding hydrogens is 184 g/mol. The van der Waals surface area contributed by atoms with E-state index >= 15 is 0 Å². The molecule has 15 heavy (non-hydrogen) atoms. The van der Waals surface area contributed by atoms with Gasteiger partial charge < -0.3 is 10.6 Å². The molecule has 84 valence electrons. The number of hydrogen-bond acceptors (Lipinski definition) is 2. The fraction of sp³-hybridized carbons (Fsp3) is 0.538. The Hall–Kier alpha value is -1.02. The summed E-state index contributed by atoms with van der Waals surface area (Å²) in [6, 6.07) is 8.16. The van der Waals surface area contributed by atoms with Crippen LogP contribution in [0.1, 0.15) is 19.4 Å². The largest absolute Gasteiger partial charge is 0.399 e. The van der Waals surface area contributed by atoms with Gasteiger partial charge in [-0.15, -0.1) is 0 Å². The highest BCUT2D eigenvalue weighted by atomic mass is 15.1. The fourth-order valence-corrected chi connectivity index (χ4v) is 1.72. The first-order valence-corrected chi connectivity index (χ1v) is 5.61. The van der Waals surface area contributed by atoms with Gasteiger partial charge in [0, 0.05) is 18.8 Å². The molecule has 0 spiro atoms. The molecule has 1 rings (SSSR count). The SMILES string of the molecule is CC(C)CN(C)CCc1ccc(N)cc1. The van der Waals surface area contributed by atoms with Crippen molar-refractivity contribution >= 4 is 5.69 Å². The lowest BCUT2D eigenvalue weighted by molar-refractivity contribution is 0.299. The molecule has 0 heterocycles. The zero-order valence-electron chi connectivity index (χ0n) is 10.0. The molecule has 2 nitrogen and oxygen atoms in total. The minimum absolute atomic E-state index is 0.737. The molecular formula is C13H22N2. The second kappa shape index (κ2) is 5.76. The first-order chi connectivity index (χ1) is 7.08. The third-order valence-corrected chi connectivity index (χ3v) is 2.44. The number of rotatable bonds is 5. The monoisotopic (exact) mass is 206 g/mol. The Morgan fingerprint density at radius 1 is 1.20 bits per heavy atom. The first kappa shape index (κ1) is 12.1. The Morgan fingerprint density at radius 2 is 1.80 bits per heavy atom. The van der Waals surface area contributed by atoms with Gasteiger partial charge >= 0.3 is 0 Å². The summed E-state index contributed by atoms with van der Waals surface area (Å²) in [4.78, 5) is 2.38. The van der Waals surface area contributed by atoms with E-state index in [1.165, 1.54) is 5.56 Å². The van der Waals surface area contributed by atoms with Crippen molar-refractivity contribution < 1.29 is 0 Å². The summed E-state index contributed by atoms with van der Waals surface area (Å²) in [6.45, 7) is 6.77. The highest BCUT2D eigenvalue weighted by molar-refractivity contribution is 5.39. The van der Waals surface area contributed by atoms with Crippen LogP contribution in [0.5, 0.6) is 0 Å². The Morgan fingerprint density at radius 3 is 2.33 bits per heavy atom. The zero-order chi connectivity index (χ0) is 11.3. The van der Waals surface area contributed by atoms with Gasteiger partial charge in [-0.1, -0.05) is 26.0 Å². The van der Waals surface area contributed by atoms with Gasteiger partial charge in [0.15, 0.2) is 0 Å². The lowest BCUT2D eigenvalue weighted by Gasteiger charge is -2.18. The molecule has 1 aromatic rings. The van der Waals surface area contributed by atoms with Crippen molar-refractivity contribution in [1.82, 2.24) is 4.90 Å². The predicted octanol–water partition coefficient (Wildman–Crippen LogP) is 2.40. The molecule has 0 aliphatic carbocycles. The molecule has 0 saturated heterocycles. The lowest BCUT2D eigenvalue weighted by atomic mass is 10.1. The van der Waals surface area contributed by atoms with Gasteiger partial charge in [0.05, 0.1) is 0 Å². The van der Waals surface area contributed by atoms with Gasteiger partial charge in [0.2, 0.25) is 0 Å². The van der Waals surface area contributed by atoms with Crippen molar-refractivity contribution in [3.05, 3.63) is 29.8 Å². The summed E-state index contributed by atoms with van der Waals surface area (Å²) >= 11 is 0. The summed E-state index contributed by atoms with van der Waals surface area (Å²) < 4.78 is 0. The normalized spacial score (nSPS) is 11.3. The van der Waals surface area contributed by atoms with Crippen LogP contribution in [0.15, 0.2) is 24.3 Å². The van der Waals surface area contributed by atoms with Crippen molar-refractivity contribution in [2.24, 2.45) is 5.92 Å². The molecule has 0 radical (unpaired) electrons. The maximum Gasteiger partial charge on any atom is 0.0314 e. The average Bonchev–Trinajstić information content (AvgIpc) is 2.16. The van der Waals surface area contributed by atoms with Crippen LogP contribution in [0, 0.1) is 5.92 Å². The van der Waals surface area contributed by atoms with Crippen LogP contribution in [0.2, 0.25) is 0 Å². The Kier molecular flexibility index (Phi) is 4.63. The van der Waals surface area contributed by atoms with E-state index in [4.69, 9.17) is 5.73 Å². The van der Waals surface area contributed by atoms with Crippen LogP contribution < -0.4 is 5.73 Å². The van der Waals surface area contributed by atoms with Crippen LogP contribution in [-0.4, -0.2) is 25.0 Å². The van der Waals surface area contributed by atoms with Gasteiger partial charge in [-0.3, -0.25) is 0 Å². The van der Waals surface area contributed by atoms with E-state index in [9.17, 15) is 0 Å². The summed E-state index contributed by atoms with van der Waals surface area (Å²) in [7, 11) is 2.18. The topological polar surface area (TPSA) is 29.3 Å². The maximum absolute atomic E-state index is 5.64. The van der Waals surface area contributed by atoms with E-state index < -0.39 is 0 Å². The number of benzene rings is 1. The standard InChI is InChI=1S/C13H22N2/c1-11(2)10-15(3)9-8-12-4-6-13(14)7-5-12/h4-7,11H,8-10,14H2,1-3H3. The fourth-order valence-electron chi connectivity index (χ4n) is 1.72. The number of nitrogens with two attached hydrogens (primary N) is 1. The summed E-state index contributed by atoms with van der Waals surface area (Å²) in [5, 5.41) is 0. The smallest absolute Gasteiger partial charge is 0.0314 e. The molecule has 0 atom stereocenters. The average molecular weight is 206 g/mol. The molecule has 2 heteroatoms. The van der Waals surface area contributed by atoms with E-state index in [-0.39, 0.29) is 0 Å². The third-order valence-electron chi connectivity index (χ3n) is 2.44. The quantitative estimate of drug-likeness (QED) is 0.750. The van der Waals surface area contributed by atoms with Gasteiger partial charge in [0.25, 0.3) is 0 Å². The third kappa shape index (κ3) is 4.84. The van der Waals surface area contributed by atoms with Crippen molar-refractivity contribution in [2.75, 3.05) is 25.9 Å². The van der Waals surface area contributed by atoms with Gasteiger partial charge in [-0.05, 0) is 37.1 Å². The van der Waals surface area contributed by atoms with E-state index in [1.54, 1.807) is 0 Å². The minimum Gasteiger partial charge on any atom is -0.399 e. The van der Waals surface area contributed by atoms with Crippen molar-refractivity contribution in [3.63, 3.8) is 0 Å². The van der Waals surface area contributed by atoms with Crippen molar-refractivity contribution in [1.29, 1.82) is 0 Å². The Labute approximate surface area is 93.1 Å². The predicted molar refractivity (Wildman–Crippen MR) is 66.9 cm³/mol. The molecule has 2 N–H and O–H groups in total. The number of hydrogen-bond donors (Lipinski definition) is 1. The summed E-state index contributed by atoms with van der Waals surface area (Å²) in [6.07, 6.45) is 1.10. The number of likely N-dealkylation sites (N-methyl/N-ethyl adjacent to an activating group) is 1. The zero-order valence-corrected chi connectivity index (χ0v) is 10.0. The van der Waals surface area contributed by atoms with E-state index in [1.807, 2.05) is 12.1 Å². The van der Waals surface area contributed by atoms with Crippen LogP contribution in [0.3, 0.4) is 0 Å². The molecule has 0 fully saturated rings. The maximum atomic E-state index is 5.64. The second-order valence-electron chi connectivity index (χ2n) is 4.65. The first-order valence-electron chi connectivity index (χ1n) is 5.61. The number of anilines is 1. The van der Waals surface area contributed by atoms with E-state index in [2.05, 4.69) is 37.9 Å². The Bertz CT molecular complexity index is 277. The number of nitrogens with zero attached hydrogens (tertiary/aromatic N) is 1. The van der Waals surface area contributed by atoms with Gasteiger partial charge in [0.1, 0.15) is 0 Å². The van der Waals surface area contributed by atoms with Crippen LogP contribution in [0.4, 0.5) is 5.69 Å². The summed E-state index contributed by atoms with van der Waals surface area (Å²) in [5.74, 6) is 0.737. The molecule has 0 amide bonds. The van der Waals surface area contributed by atoms with E-state index in [0.29, 0.717) is 0 Å². The molecule has 0 bridgehead atoms. The number of nitrogen functional groups attached to an aromatic ring is 1. The van der Waals surface area contributed by atoms with Gasteiger partial charge in [-0.2, -0.15) is 0 Å². The van der Waals surface area contributed by atoms with Crippen LogP contribution >= 0.6 is 0 Å². The second-order valence-corrected chi connectivity index (χ2v) is 4.65. The molecule has 1 aromatic carbocycles. The van der Waals surface area contributed by atoms with Gasteiger partial charge in [-0.25, -0.2) is 0 Å². The highest BCUT2D eigenvalue weighted by Crippen LogP contribution is 2.07. The lowest BCUT2D eigenvalue weighted by Crippen LogP contribution is -2.25. The highest BCUT2D eigenvalue weighted by Gasteiger charge is 2.01. The Balaban J connectivity index is 2.33. The molecule has 0 aliphatic rings. The molecule has 0 unspecified atom stereocenters. The van der Waals surface area contributed by atoms with Crippen molar-refractivity contribution in [3.8, 4) is 0 Å². The minimum atomic E-state index is 0.737. The van der Waals surface area contributed by atoms with E-state index in [0.717, 1.165) is 31.1 Å². The van der Waals surface area contributed by atoms with Crippen LogP contribution in [0.25, 0.3) is 0 Å². The molecule has 0 aliphatic heterocycles. The van der Waals surface area contributed by atoms with Crippen molar-refractivity contribution in [2.45, 2.75) is 20.3 Å².